The molecule has 35 heavy (non-hydrogen) atoms. The van der Waals surface area contributed by atoms with Crippen LogP contribution >= 0.6 is 0 Å². The van der Waals surface area contributed by atoms with Crippen LogP contribution in [0.3, 0.4) is 0 Å². The first-order valence-electron chi connectivity index (χ1n) is 10.9. The smallest absolute Gasteiger partial charge is 0.388 e. The lowest BCUT2D eigenvalue weighted by molar-refractivity contribution is -0.142. The number of nitrogens with zero attached hydrogens (tertiary/aromatic N) is 1. The third-order valence-corrected chi connectivity index (χ3v) is 5.56. The van der Waals surface area contributed by atoms with Crippen molar-refractivity contribution >= 4 is 0 Å². The number of aliphatic hydroxyl groups excluding tert-OH is 1. The molecule has 9 heteroatoms. The summed E-state index contributed by atoms with van der Waals surface area (Å²) in [5, 5.41) is 10.9. The van der Waals surface area contributed by atoms with Crippen LogP contribution in [0.1, 0.15) is 72.6 Å². The summed E-state index contributed by atoms with van der Waals surface area (Å²) in [7, 11) is 0. The molecule has 0 fully saturated rings. The van der Waals surface area contributed by atoms with Gasteiger partial charge in [-0.1, -0.05) is 55.8 Å². The van der Waals surface area contributed by atoms with Crippen LogP contribution in [0, 0.1) is 18.7 Å². The van der Waals surface area contributed by atoms with Crippen molar-refractivity contribution in [3.8, 4) is 11.1 Å². The average Bonchev–Trinajstić information content (AvgIpc) is 2.77. The Hall–Kier alpha value is -2.94. The molecule has 2 aromatic carbocycles. The molecule has 2 nitrogen and oxygen atoms in total. The van der Waals surface area contributed by atoms with Gasteiger partial charge in [-0.15, -0.1) is 0 Å². The van der Waals surface area contributed by atoms with E-state index in [9.17, 15) is 31.4 Å². The molecule has 0 radical (unpaired) electrons. The minimum atomic E-state index is -5.29. The monoisotopic (exact) mass is 499 g/mol. The van der Waals surface area contributed by atoms with Gasteiger partial charge in [0.25, 0.3) is 6.43 Å². The van der Waals surface area contributed by atoms with E-state index in [1.807, 2.05) is 0 Å². The van der Waals surface area contributed by atoms with Crippen molar-refractivity contribution in [3.05, 3.63) is 88.0 Å². The van der Waals surface area contributed by atoms with E-state index in [2.05, 4.69) is 4.98 Å². The SMILES string of the molecule is Cc1ccc(C(F)c2c(C(F)(F)F)nc(C(F)F)c(C(O)CC(C)C)c2-c2ccc(F)cc2)cc1. The van der Waals surface area contributed by atoms with Crippen LogP contribution < -0.4 is 0 Å². The predicted octanol–water partition coefficient (Wildman–Crippen LogP) is 8.29. The second kappa shape index (κ2) is 10.4. The van der Waals surface area contributed by atoms with Crippen LogP contribution in [0.25, 0.3) is 11.1 Å². The van der Waals surface area contributed by atoms with Gasteiger partial charge in [0.2, 0.25) is 0 Å². The molecule has 0 spiro atoms. The first-order chi connectivity index (χ1) is 16.3. The number of hydrogen-bond acceptors (Lipinski definition) is 2. The lowest BCUT2D eigenvalue weighted by atomic mass is 9.84. The van der Waals surface area contributed by atoms with E-state index in [1.54, 1.807) is 20.8 Å². The maximum atomic E-state index is 16.0. The zero-order valence-corrected chi connectivity index (χ0v) is 19.2. The Labute approximate surface area is 198 Å². The molecule has 2 unspecified atom stereocenters. The van der Waals surface area contributed by atoms with Crippen molar-refractivity contribution in [1.29, 1.82) is 0 Å². The van der Waals surface area contributed by atoms with Gasteiger partial charge >= 0.3 is 6.18 Å². The molecular formula is C26H24F7NO. The molecule has 0 bridgehead atoms. The number of rotatable bonds is 7. The summed E-state index contributed by atoms with van der Waals surface area (Å²) in [5.41, 5.74) is -4.85. The minimum Gasteiger partial charge on any atom is -0.388 e. The van der Waals surface area contributed by atoms with E-state index < -0.39 is 58.8 Å². The van der Waals surface area contributed by atoms with Gasteiger partial charge in [-0.3, -0.25) is 0 Å². The van der Waals surface area contributed by atoms with E-state index in [1.165, 1.54) is 24.3 Å². The Balaban J connectivity index is 2.50. The molecule has 2 atom stereocenters. The van der Waals surface area contributed by atoms with Crippen LogP contribution in [0.2, 0.25) is 0 Å². The highest BCUT2D eigenvalue weighted by atomic mass is 19.4. The van der Waals surface area contributed by atoms with Crippen LogP contribution in [0.5, 0.6) is 0 Å². The van der Waals surface area contributed by atoms with Gasteiger partial charge in [-0.2, -0.15) is 13.2 Å². The molecule has 0 saturated heterocycles. The number of aliphatic hydroxyl groups is 1. The van der Waals surface area contributed by atoms with Crippen molar-refractivity contribution in [1.82, 2.24) is 4.98 Å². The average molecular weight is 499 g/mol. The Kier molecular flexibility index (Phi) is 7.89. The molecular weight excluding hydrogens is 475 g/mol. The van der Waals surface area contributed by atoms with Crippen LogP contribution in [-0.4, -0.2) is 10.1 Å². The second-order valence-electron chi connectivity index (χ2n) is 8.77. The Bertz CT molecular complexity index is 1160. The Morgan fingerprint density at radius 1 is 0.886 bits per heavy atom. The summed E-state index contributed by atoms with van der Waals surface area (Å²) in [5.74, 6) is -0.963. The molecule has 0 aliphatic rings. The maximum Gasteiger partial charge on any atom is 0.433 e. The van der Waals surface area contributed by atoms with Gasteiger partial charge in [0.15, 0.2) is 11.9 Å². The fourth-order valence-electron chi connectivity index (χ4n) is 3.99. The minimum absolute atomic E-state index is 0.0954. The van der Waals surface area contributed by atoms with Gasteiger partial charge in [-0.05, 0) is 48.1 Å². The largest absolute Gasteiger partial charge is 0.433 e. The number of aromatic nitrogens is 1. The number of alkyl halides is 6. The fourth-order valence-corrected chi connectivity index (χ4v) is 3.99. The topological polar surface area (TPSA) is 33.1 Å². The molecule has 0 amide bonds. The van der Waals surface area contributed by atoms with E-state index in [4.69, 9.17) is 0 Å². The number of pyridine rings is 1. The first-order valence-corrected chi connectivity index (χ1v) is 10.9. The van der Waals surface area contributed by atoms with Crippen molar-refractivity contribution in [2.75, 3.05) is 0 Å². The molecule has 3 rings (SSSR count). The standard InChI is InChI=1S/C26H24F7NO/c1-13(2)12-18(35)20-19(15-8-10-17(27)11-9-15)21(22(28)16-6-4-14(3)5-7-16)24(26(31,32)33)34-23(20)25(29)30/h4-11,13,18,22,25,35H,12H2,1-3H3. The molecule has 1 N–H and O–H groups in total. The summed E-state index contributed by atoms with van der Waals surface area (Å²) < 4.78 is 100. The Morgan fingerprint density at radius 2 is 1.46 bits per heavy atom. The highest BCUT2D eigenvalue weighted by Crippen LogP contribution is 2.48. The quantitative estimate of drug-likeness (QED) is 0.332. The summed E-state index contributed by atoms with van der Waals surface area (Å²) in [6, 6.07) is 9.57. The van der Waals surface area contributed by atoms with E-state index in [0.29, 0.717) is 0 Å². The van der Waals surface area contributed by atoms with Crippen LogP contribution in [0.15, 0.2) is 48.5 Å². The van der Waals surface area contributed by atoms with Crippen LogP contribution in [0.4, 0.5) is 30.7 Å². The lowest BCUT2D eigenvalue weighted by Crippen LogP contribution is -2.21. The van der Waals surface area contributed by atoms with Crippen molar-refractivity contribution < 1.29 is 35.8 Å². The van der Waals surface area contributed by atoms with Gasteiger partial charge in [0, 0.05) is 11.1 Å². The van der Waals surface area contributed by atoms with Crippen molar-refractivity contribution in [2.45, 2.75) is 52.1 Å². The Morgan fingerprint density at radius 3 is 1.94 bits per heavy atom. The number of aryl methyl sites for hydroxylation is 1. The number of benzene rings is 2. The normalized spacial score (nSPS) is 14.0. The van der Waals surface area contributed by atoms with Gasteiger partial charge in [-0.25, -0.2) is 22.5 Å². The third kappa shape index (κ3) is 5.83. The molecule has 188 valence electrons. The highest BCUT2D eigenvalue weighted by Gasteiger charge is 2.43. The summed E-state index contributed by atoms with van der Waals surface area (Å²) in [6.07, 6.45) is -13.0. The fraction of sp³-hybridized carbons (Fsp3) is 0.346. The third-order valence-electron chi connectivity index (χ3n) is 5.56. The number of halogens is 7. The van der Waals surface area contributed by atoms with E-state index >= 15 is 4.39 Å². The van der Waals surface area contributed by atoms with E-state index in [0.717, 1.165) is 29.8 Å². The lowest BCUT2D eigenvalue weighted by Gasteiger charge is -2.27. The van der Waals surface area contributed by atoms with Crippen LogP contribution in [-0.2, 0) is 6.18 Å². The molecule has 0 aliphatic heterocycles. The van der Waals surface area contributed by atoms with Crippen molar-refractivity contribution in [3.63, 3.8) is 0 Å². The van der Waals surface area contributed by atoms with Gasteiger partial charge in [0.1, 0.15) is 11.5 Å². The predicted molar refractivity (Wildman–Crippen MR) is 118 cm³/mol. The summed E-state index contributed by atoms with van der Waals surface area (Å²) >= 11 is 0. The molecule has 0 aliphatic carbocycles. The maximum absolute atomic E-state index is 16.0. The number of hydrogen-bond donors (Lipinski definition) is 1. The van der Waals surface area contributed by atoms with Gasteiger partial charge < -0.3 is 5.11 Å². The molecule has 1 heterocycles. The summed E-state index contributed by atoms with van der Waals surface area (Å²) in [6.45, 7) is 5.08. The van der Waals surface area contributed by atoms with E-state index in [-0.39, 0.29) is 23.5 Å². The highest BCUT2D eigenvalue weighted by molar-refractivity contribution is 5.75. The van der Waals surface area contributed by atoms with Gasteiger partial charge in [0.05, 0.1) is 6.10 Å². The molecule has 1 aromatic heterocycles. The van der Waals surface area contributed by atoms with Crippen molar-refractivity contribution in [2.24, 2.45) is 5.92 Å². The zero-order chi connectivity index (χ0) is 26.1. The summed E-state index contributed by atoms with van der Waals surface area (Å²) in [4.78, 5) is 3.19. The zero-order valence-electron chi connectivity index (χ0n) is 19.2. The first kappa shape index (κ1) is 26.7. The second-order valence-corrected chi connectivity index (χ2v) is 8.77. The molecule has 0 saturated carbocycles. The molecule has 3 aromatic rings.